The Morgan fingerprint density at radius 1 is 0.912 bits per heavy atom. The van der Waals surface area contributed by atoms with E-state index in [0.29, 0.717) is 35.4 Å². The van der Waals surface area contributed by atoms with Crippen molar-refractivity contribution in [2.24, 2.45) is 0 Å². The molecule has 0 spiro atoms. The van der Waals surface area contributed by atoms with Gasteiger partial charge in [0.05, 0.1) is 0 Å². The van der Waals surface area contributed by atoms with Crippen molar-refractivity contribution in [1.82, 2.24) is 30.3 Å². The molecule has 0 saturated heterocycles. The third-order valence-electron chi connectivity index (χ3n) is 5.53. The number of hydrogen-bond donors (Lipinski definition) is 1. The van der Waals surface area contributed by atoms with Gasteiger partial charge in [-0.25, -0.2) is 0 Å². The molecular formula is C26H26N6O2. The van der Waals surface area contributed by atoms with Crippen LogP contribution in [0.15, 0.2) is 71.3 Å². The summed E-state index contributed by atoms with van der Waals surface area (Å²) in [5.74, 6) is 1.71. The summed E-state index contributed by atoms with van der Waals surface area (Å²) in [6.45, 7) is 5.94. The maximum atomic E-state index is 6.03. The Balaban J connectivity index is 1.23. The van der Waals surface area contributed by atoms with Crippen LogP contribution in [0.5, 0.6) is 5.88 Å². The third kappa shape index (κ3) is 4.97. The molecule has 5 rings (SSSR count). The molecule has 0 amide bonds. The lowest BCUT2D eigenvalue weighted by atomic mass is 10.1. The summed E-state index contributed by atoms with van der Waals surface area (Å²) in [7, 11) is 0. The molecule has 0 aliphatic heterocycles. The molecule has 0 aliphatic carbocycles. The highest BCUT2D eigenvalue weighted by molar-refractivity contribution is 5.57. The fourth-order valence-electron chi connectivity index (χ4n) is 3.80. The molecule has 3 aromatic heterocycles. The van der Waals surface area contributed by atoms with Crippen molar-refractivity contribution < 1.29 is 9.26 Å². The largest absolute Gasteiger partial charge is 0.472 e. The molecule has 172 valence electrons. The Morgan fingerprint density at radius 2 is 1.74 bits per heavy atom. The number of aryl methyl sites for hydroxylation is 2. The van der Waals surface area contributed by atoms with Gasteiger partial charge in [0.15, 0.2) is 11.3 Å². The summed E-state index contributed by atoms with van der Waals surface area (Å²) in [4.78, 5) is 0. The van der Waals surface area contributed by atoms with Gasteiger partial charge in [0.25, 0.3) is 0 Å². The zero-order valence-corrected chi connectivity index (χ0v) is 19.2. The van der Waals surface area contributed by atoms with Crippen molar-refractivity contribution in [2.75, 3.05) is 6.54 Å². The van der Waals surface area contributed by atoms with Crippen LogP contribution in [0.1, 0.15) is 28.0 Å². The zero-order valence-electron chi connectivity index (χ0n) is 19.2. The number of nitrogens with zero attached hydrogens (tertiary/aromatic N) is 5. The number of benzene rings is 2. The minimum atomic E-state index is 0.413. The van der Waals surface area contributed by atoms with Gasteiger partial charge in [-0.15, -0.1) is 15.3 Å². The average Bonchev–Trinajstić information content (AvgIpc) is 3.48. The first-order valence-electron chi connectivity index (χ1n) is 11.3. The lowest BCUT2D eigenvalue weighted by Gasteiger charge is -2.09. The molecule has 3 heterocycles. The monoisotopic (exact) mass is 454 g/mol. The quantitative estimate of drug-likeness (QED) is 0.332. The van der Waals surface area contributed by atoms with Crippen molar-refractivity contribution in [1.29, 1.82) is 0 Å². The van der Waals surface area contributed by atoms with E-state index < -0.39 is 0 Å². The van der Waals surface area contributed by atoms with Gasteiger partial charge < -0.3 is 14.6 Å². The molecule has 8 heteroatoms. The molecule has 0 fully saturated rings. The lowest BCUT2D eigenvalue weighted by molar-refractivity contribution is 0.289. The lowest BCUT2D eigenvalue weighted by Crippen LogP contribution is -2.16. The van der Waals surface area contributed by atoms with Gasteiger partial charge >= 0.3 is 0 Å². The average molecular weight is 455 g/mol. The van der Waals surface area contributed by atoms with E-state index in [9.17, 15) is 0 Å². The summed E-state index contributed by atoms with van der Waals surface area (Å²) in [5, 5.41) is 20.6. The van der Waals surface area contributed by atoms with Gasteiger partial charge in [-0.1, -0.05) is 59.8 Å². The molecule has 8 nitrogen and oxygen atoms in total. The molecule has 34 heavy (non-hydrogen) atoms. The number of nitrogens with one attached hydrogen (secondary N) is 1. The van der Waals surface area contributed by atoms with Crippen molar-refractivity contribution in [3.8, 4) is 17.4 Å². The Morgan fingerprint density at radius 3 is 2.56 bits per heavy atom. The molecule has 2 aromatic carbocycles. The van der Waals surface area contributed by atoms with Gasteiger partial charge in [-0.2, -0.15) is 4.52 Å². The molecule has 5 aromatic rings. The molecule has 0 aliphatic rings. The van der Waals surface area contributed by atoms with Crippen molar-refractivity contribution in [2.45, 2.75) is 33.4 Å². The minimum Gasteiger partial charge on any atom is -0.472 e. The number of aromatic nitrogens is 5. The van der Waals surface area contributed by atoms with Gasteiger partial charge in [0, 0.05) is 24.2 Å². The Hall–Kier alpha value is -4.04. The van der Waals surface area contributed by atoms with Crippen LogP contribution in [0.25, 0.3) is 17.2 Å². The predicted octanol–water partition coefficient (Wildman–Crippen LogP) is 4.31. The first kappa shape index (κ1) is 21.8. The normalized spacial score (nSPS) is 11.2. The van der Waals surface area contributed by atoms with Gasteiger partial charge in [0.1, 0.15) is 12.4 Å². The summed E-state index contributed by atoms with van der Waals surface area (Å²) in [6, 6.07) is 22.6. The maximum Gasteiger partial charge on any atom is 0.232 e. The second-order valence-corrected chi connectivity index (χ2v) is 8.27. The third-order valence-corrected chi connectivity index (χ3v) is 5.53. The molecule has 0 saturated carbocycles. The number of rotatable bonds is 9. The molecule has 0 bridgehead atoms. The standard InChI is InChI=1S/C26H26N6O2/c1-18-13-24(30-32-25(18)28-29-26(32)23-14-19(2)34-31-23)33-17-22-10-6-9-21(15-22)16-27-12-11-20-7-4-3-5-8-20/h3-10,13-15,27H,11-12,16-17H2,1-2H3. The van der Waals surface area contributed by atoms with Gasteiger partial charge in [-0.05, 0) is 43.5 Å². The van der Waals surface area contributed by atoms with Crippen LogP contribution < -0.4 is 10.1 Å². The van der Waals surface area contributed by atoms with Crippen LogP contribution in [0, 0.1) is 13.8 Å². The summed E-state index contributed by atoms with van der Waals surface area (Å²) in [6.07, 6.45) is 1.01. The van der Waals surface area contributed by atoms with E-state index in [1.165, 1.54) is 11.1 Å². The number of fused-ring (bicyclic) bond motifs is 1. The van der Waals surface area contributed by atoms with Crippen LogP contribution in [0.2, 0.25) is 0 Å². The van der Waals surface area contributed by atoms with Crippen LogP contribution >= 0.6 is 0 Å². The molecule has 0 radical (unpaired) electrons. The number of ether oxygens (including phenoxy) is 1. The fourth-order valence-corrected chi connectivity index (χ4v) is 3.80. The molecule has 1 N–H and O–H groups in total. The Labute approximate surface area is 197 Å². The highest BCUT2D eigenvalue weighted by atomic mass is 16.5. The van der Waals surface area contributed by atoms with E-state index in [1.807, 2.05) is 26.0 Å². The second kappa shape index (κ2) is 9.84. The van der Waals surface area contributed by atoms with E-state index in [4.69, 9.17) is 9.26 Å². The SMILES string of the molecule is Cc1cc(-c2nnc3c(C)cc(OCc4cccc(CNCCc5ccccc5)c4)nn23)no1. The highest BCUT2D eigenvalue weighted by Gasteiger charge is 2.16. The molecule has 0 unspecified atom stereocenters. The van der Waals surface area contributed by atoms with Crippen molar-refractivity contribution in [3.63, 3.8) is 0 Å². The smallest absolute Gasteiger partial charge is 0.232 e. The topological polar surface area (TPSA) is 90.4 Å². The van der Waals surface area contributed by atoms with Crippen molar-refractivity contribution >= 4 is 5.65 Å². The van der Waals surface area contributed by atoms with E-state index in [-0.39, 0.29) is 0 Å². The molecular weight excluding hydrogens is 428 g/mol. The maximum absolute atomic E-state index is 6.03. The van der Waals surface area contributed by atoms with E-state index in [0.717, 1.165) is 30.6 Å². The van der Waals surface area contributed by atoms with Gasteiger partial charge in [-0.3, -0.25) is 0 Å². The second-order valence-electron chi connectivity index (χ2n) is 8.27. The summed E-state index contributed by atoms with van der Waals surface area (Å²) >= 11 is 0. The summed E-state index contributed by atoms with van der Waals surface area (Å²) in [5.41, 5.74) is 5.80. The van der Waals surface area contributed by atoms with E-state index >= 15 is 0 Å². The highest BCUT2D eigenvalue weighted by Crippen LogP contribution is 2.22. The van der Waals surface area contributed by atoms with Crippen LogP contribution in [-0.4, -0.2) is 31.5 Å². The first-order valence-corrected chi connectivity index (χ1v) is 11.3. The number of hydrogen-bond acceptors (Lipinski definition) is 7. The predicted molar refractivity (Wildman–Crippen MR) is 128 cm³/mol. The van der Waals surface area contributed by atoms with Gasteiger partial charge in [0.2, 0.25) is 11.7 Å². The van der Waals surface area contributed by atoms with Crippen LogP contribution in [0.4, 0.5) is 0 Å². The summed E-state index contributed by atoms with van der Waals surface area (Å²) < 4.78 is 12.9. The van der Waals surface area contributed by atoms with Crippen molar-refractivity contribution in [3.05, 3.63) is 94.7 Å². The molecule has 0 atom stereocenters. The van der Waals surface area contributed by atoms with Crippen LogP contribution in [0.3, 0.4) is 0 Å². The van der Waals surface area contributed by atoms with Crippen LogP contribution in [-0.2, 0) is 19.6 Å². The van der Waals surface area contributed by atoms with E-state index in [1.54, 1.807) is 10.6 Å². The minimum absolute atomic E-state index is 0.413. The Kier molecular flexibility index (Phi) is 6.31. The zero-order chi connectivity index (χ0) is 23.3. The fraction of sp³-hybridized carbons (Fsp3) is 0.231. The van der Waals surface area contributed by atoms with E-state index in [2.05, 4.69) is 74.3 Å². The first-order chi connectivity index (χ1) is 16.7. The Bertz CT molecular complexity index is 1390.